The molecule has 0 aliphatic carbocycles. The molecular formula is C8H16N2O. The van der Waals surface area contributed by atoms with Crippen molar-refractivity contribution in [3.63, 3.8) is 0 Å². The summed E-state index contributed by atoms with van der Waals surface area (Å²) in [5.74, 6) is 0.454. The van der Waals surface area contributed by atoms with Crippen molar-refractivity contribution in [1.29, 1.82) is 0 Å². The predicted octanol–water partition coefficient (Wildman–Crippen LogP) is 1.71. The highest BCUT2D eigenvalue weighted by molar-refractivity contribution is 5.95. The van der Waals surface area contributed by atoms with Crippen LogP contribution < -0.4 is 5.32 Å². The molecule has 0 bridgehead atoms. The molecule has 0 atom stereocenters. The molecule has 0 radical (unpaired) electrons. The number of hydrogen-bond acceptors (Lipinski definition) is 2. The summed E-state index contributed by atoms with van der Waals surface area (Å²) in [6.07, 6.45) is 1.38. The van der Waals surface area contributed by atoms with Gasteiger partial charge in [-0.1, -0.05) is 20.4 Å². The third kappa shape index (κ3) is 12.2. The van der Waals surface area contributed by atoms with Gasteiger partial charge in [0.15, 0.2) is 0 Å². The van der Waals surface area contributed by atoms with Gasteiger partial charge in [0.1, 0.15) is 5.84 Å². The third-order valence-electron chi connectivity index (χ3n) is 0.642. The van der Waals surface area contributed by atoms with Gasteiger partial charge in [-0.2, -0.15) is 0 Å². The zero-order valence-corrected chi connectivity index (χ0v) is 7.64. The maximum atomic E-state index is 10.3. The van der Waals surface area contributed by atoms with Gasteiger partial charge in [-0.3, -0.25) is 4.79 Å². The van der Waals surface area contributed by atoms with Gasteiger partial charge >= 0.3 is 0 Å². The molecule has 0 aromatic rings. The fourth-order valence-electron chi connectivity index (χ4n) is 0.424. The van der Waals surface area contributed by atoms with E-state index in [1.807, 2.05) is 13.8 Å². The lowest BCUT2D eigenvalue weighted by Gasteiger charge is -1.95. The number of amidine groups is 1. The Morgan fingerprint density at radius 1 is 1.45 bits per heavy atom. The first-order chi connectivity index (χ1) is 5.16. The smallest absolute Gasteiger partial charge is 0.222 e. The second kappa shape index (κ2) is 8.88. The fourth-order valence-corrected chi connectivity index (χ4v) is 0.424. The first-order valence-corrected chi connectivity index (χ1v) is 3.59. The Morgan fingerprint density at radius 2 is 1.91 bits per heavy atom. The molecule has 3 nitrogen and oxygen atoms in total. The Morgan fingerprint density at radius 3 is 2.18 bits per heavy atom. The minimum atomic E-state index is -0.113. The highest BCUT2D eigenvalue weighted by Gasteiger charge is 1.89. The van der Waals surface area contributed by atoms with Crippen LogP contribution in [0.1, 0.15) is 27.7 Å². The van der Waals surface area contributed by atoms with E-state index in [1.165, 1.54) is 13.1 Å². The standard InChI is InChI=1S/C6H10N2O.C2H6/c1-4-7-5(2)8-6(3)9;1-2/h4H,1H2,2-3H3,(H,7,8,9);1-2H3. The normalized spacial score (nSPS) is 9.27. The van der Waals surface area contributed by atoms with Gasteiger partial charge in [-0.05, 0) is 6.92 Å². The number of aliphatic imine (C=N–C) groups is 1. The Kier molecular flexibility index (Phi) is 10.1. The maximum Gasteiger partial charge on any atom is 0.222 e. The van der Waals surface area contributed by atoms with E-state index in [9.17, 15) is 4.79 Å². The van der Waals surface area contributed by atoms with Crippen LogP contribution in [0.15, 0.2) is 17.8 Å². The number of nitrogens with one attached hydrogen (secondary N) is 1. The van der Waals surface area contributed by atoms with Gasteiger partial charge in [-0.15, -0.1) is 0 Å². The van der Waals surface area contributed by atoms with Crippen LogP contribution in [-0.4, -0.2) is 11.7 Å². The van der Waals surface area contributed by atoms with Gasteiger partial charge in [0.2, 0.25) is 5.91 Å². The highest BCUT2D eigenvalue weighted by atomic mass is 16.1. The van der Waals surface area contributed by atoms with Gasteiger partial charge in [0.25, 0.3) is 0 Å². The molecule has 0 unspecified atom stereocenters. The molecule has 0 aromatic heterocycles. The molecule has 0 heterocycles. The minimum Gasteiger partial charge on any atom is -0.315 e. The van der Waals surface area contributed by atoms with Crippen LogP contribution in [-0.2, 0) is 4.79 Å². The fraction of sp³-hybridized carbons (Fsp3) is 0.500. The lowest BCUT2D eigenvalue weighted by Crippen LogP contribution is -2.24. The minimum absolute atomic E-state index is 0.113. The van der Waals surface area contributed by atoms with Crippen LogP contribution in [0.25, 0.3) is 0 Å². The summed E-state index contributed by atoms with van der Waals surface area (Å²) in [7, 11) is 0. The van der Waals surface area contributed by atoms with Crippen molar-refractivity contribution >= 4 is 11.7 Å². The van der Waals surface area contributed by atoms with E-state index in [0.717, 1.165) is 0 Å². The van der Waals surface area contributed by atoms with Crippen LogP contribution in [0.5, 0.6) is 0 Å². The van der Waals surface area contributed by atoms with Crippen molar-refractivity contribution < 1.29 is 4.79 Å². The number of carbonyl (C=O) groups is 1. The average molecular weight is 156 g/mol. The number of hydrogen-bond donors (Lipinski definition) is 1. The predicted molar refractivity (Wildman–Crippen MR) is 48.5 cm³/mol. The van der Waals surface area contributed by atoms with Crippen LogP contribution in [0.4, 0.5) is 0 Å². The van der Waals surface area contributed by atoms with E-state index in [-0.39, 0.29) is 5.91 Å². The van der Waals surface area contributed by atoms with Gasteiger partial charge in [0.05, 0.1) is 0 Å². The van der Waals surface area contributed by atoms with E-state index >= 15 is 0 Å². The van der Waals surface area contributed by atoms with Crippen LogP contribution in [0, 0.1) is 0 Å². The molecule has 64 valence electrons. The molecule has 0 aromatic carbocycles. The van der Waals surface area contributed by atoms with Crippen LogP contribution in [0.3, 0.4) is 0 Å². The van der Waals surface area contributed by atoms with E-state index in [2.05, 4.69) is 16.9 Å². The topological polar surface area (TPSA) is 41.5 Å². The molecule has 0 fully saturated rings. The monoisotopic (exact) mass is 156 g/mol. The van der Waals surface area contributed by atoms with E-state index in [4.69, 9.17) is 0 Å². The molecular weight excluding hydrogens is 140 g/mol. The highest BCUT2D eigenvalue weighted by Crippen LogP contribution is 1.72. The summed E-state index contributed by atoms with van der Waals surface area (Å²) in [6, 6.07) is 0. The van der Waals surface area contributed by atoms with E-state index in [0.29, 0.717) is 5.84 Å². The Balaban J connectivity index is 0. The average Bonchev–Trinajstić information content (AvgIpc) is 1.91. The van der Waals surface area contributed by atoms with E-state index in [1.54, 1.807) is 6.92 Å². The molecule has 11 heavy (non-hydrogen) atoms. The second-order valence-electron chi connectivity index (χ2n) is 1.58. The number of rotatable bonds is 1. The zero-order chi connectivity index (χ0) is 9.28. The third-order valence-corrected chi connectivity index (χ3v) is 0.642. The van der Waals surface area contributed by atoms with Crippen LogP contribution >= 0.6 is 0 Å². The SMILES string of the molecule is C=CN=C(C)NC(C)=O.CC. The molecule has 0 spiro atoms. The van der Waals surface area contributed by atoms with Crippen molar-refractivity contribution in [2.45, 2.75) is 27.7 Å². The van der Waals surface area contributed by atoms with Gasteiger partial charge in [-0.25, -0.2) is 4.99 Å². The molecule has 0 saturated carbocycles. The van der Waals surface area contributed by atoms with Crippen molar-refractivity contribution in [2.24, 2.45) is 4.99 Å². The molecule has 0 rings (SSSR count). The first kappa shape index (κ1) is 12.5. The molecule has 1 N–H and O–H groups in total. The number of carbonyl (C=O) groups excluding carboxylic acids is 1. The summed E-state index contributed by atoms with van der Waals surface area (Å²) in [5.41, 5.74) is 0. The Bertz CT molecular complexity index is 150. The largest absolute Gasteiger partial charge is 0.315 e. The molecule has 0 aliphatic rings. The molecule has 0 aliphatic heterocycles. The summed E-state index contributed by atoms with van der Waals surface area (Å²) >= 11 is 0. The molecule has 1 amide bonds. The van der Waals surface area contributed by atoms with Crippen molar-refractivity contribution in [3.8, 4) is 0 Å². The molecule has 3 heteroatoms. The van der Waals surface area contributed by atoms with Crippen LogP contribution in [0.2, 0.25) is 0 Å². The lowest BCUT2D eigenvalue weighted by atomic mass is 10.6. The Labute approximate surface area is 68.2 Å². The van der Waals surface area contributed by atoms with Gasteiger partial charge < -0.3 is 5.32 Å². The summed E-state index contributed by atoms with van der Waals surface area (Å²) in [4.78, 5) is 14.0. The summed E-state index contributed by atoms with van der Waals surface area (Å²) < 4.78 is 0. The van der Waals surface area contributed by atoms with E-state index < -0.39 is 0 Å². The zero-order valence-electron chi connectivity index (χ0n) is 7.64. The summed E-state index contributed by atoms with van der Waals surface area (Å²) in [6.45, 7) is 10.5. The summed E-state index contributed by atoms with van der Waals surface area (Å²) in [5, 5.41) is 2.48. The molecule has 0 saturated heterocycles. The number of amides is 1. The number of nitrogens with zero attached hydrogens (tertiary/aromatic N) is 1. The quantitative estimate of drug-likeness (QED) is 0.455. The van der Waals surface area contributed by atoms with Crippen molar-refractivity contribution in [3.05, 3.63) is 12.8 Å². The second-order valence-corrected chi connectivity index (χ2v) is 1.58. The van der Waals surface area contributed by atoms with Crippen molar-refractivity contribution in [2.75, 3.05) is 0 Å². The van der Waals surface area contributed by atoms with Gasteiger partial charge in [0, 0.05) is 13.1 Å². The first-order valence-electron chi connectivity index (χ1n) is 3.59. The Hall–Kier alpha value is -1.12. The van der Waals surface area contributed by atoms with Crippen molar-refractivity contribution in [1.82, 2.24) is 5.32 Å². The lowest BCUT2D eigenvalue weighted by molar-refractivity contribution is -0.117. The maximum absolute atomic E-state index is 10.3.